The molecule has 1 atom stereocenters. The lowest BCUT2D eigenvalue weighted by molar-refractivity contribution is 0.0935. The molecular weight excluding hydrogens is 238 g/mol. The highest BCUT2D eigenvalue weighted by molar-refractivity contribution is 7.99. The van der Waals surface area contributed by atoms with E-state index in [2.05, 4.69) is 5.32 Å². The molecule has 1 saturated heterocycles. The van der Waals surface area contributed by atoms with Crippen molar-refractivity contribution in [1.29, 1.82) is 0 Å². The Hall–Kier alpha value is -1.36. The lowest BCUT2D eigenvalue weighted by atomic mass is 10.1. The predicted molar refractivity (Wildman–Crippen MR) is 67.6 cm³/mol. The molecule has 1 unspecified atom stereocenters. The van der Waals surface area contributed by atoms with E-state index in [1.807, 2.05) is 11.8 Å². The van der Waals surface area contributed by atoms with Crippen LogP contribution in [0.2, 0.25) is 0 Å². The van der Waals surface area contributed by atoms with Gasteiger partial charge in [0.25, 0.3) is 5.91 Å². The zero-order valence-corrected chi connectivity index (χ0v) is 10.2. The summed E-state index contributed by atoms with van der Waals surface area (Å²) in [5, 5.41) is 21.7. The molecule has 0 aliphatic carbocycles. The summed E-state index contributed by atoms with van der Waals surface area (Å²) in [4.78, 5) is 11.9. The van der Waals surface area contributed by atoms with E-state index in [1.165, 1.54) is 18.2 Å². The normalized spacial score (nSPS) is 19.9. The van der Waals surface area contributed by atoms with Gasteiger partial charge in [0.1, 0.15) is 11.5 Å². The summed E-state index contributed by atoms with van der Waals surface area (Å²) in [6.45, 7) is 0. The maximum absolute atomic E-state index is 11.9. The van der Waals surface area contributed by atoms with E-state index < -0.39 is 0 Å². The molecule has 1 fully saturated rings. The Kier molecular flexibility index (Phi) is 3.78. The van der Waals surface area contributed by atoms with Crippen molar-refractivity contribution >= 4 is 17.7 Å². The van der Waals surface area contributed by atoms with Crippen molar-refractivity contribution in [3.05, 3.63) is 23.8 Å². The maximum Gasteiger partial charge on any atom is 0.255 e. The Labute approximate surface area is 104 Å². The predicted octanol–water partition coefficient (Wildman–Crippen LogP) is 1.72. The molecule has 0 aromatic heterocycles. The van der Waals surface area contributed by atoms with E-state index in [0.717, 1.165) is 24.3 Å². The van der Waals surface area contributed by atoms with Crippen molar-refractivity contribution in [2.75, 3.05) is 11.5 Å². The average molecular weight is 253 g/mol. The minimum atomic E-state index is -0.328. The van der Waals surface area contributed by atoms with Gasteiger partial charge in [-0.15, -0.1) is 0 Å². The molecular formula is C12H15NO3S. The van der Waals surface area contributed by atoms with E-state index in [0.29, 0.717) is 0 Å². The first kappa shape index (κ1) is 12.1. The van der Waals surface area contributed by atoms with Gasteiger partial charge < -0.3 is 15.5 Å². The monoisotopic (exact) mass is 253 g/mol. The second-order valence-corrected chi connectivity index (χ2v) is 5.24. The van der Waals surface area contributed by atoms with E-state index in [-0.39, 0.29) is 29.0 Å². The second-order valence-electron chi connectivity index (χ2n) is 4.09. The highest BCUT2D eigenvalue weighted by atomic mass is 32.2. The standard InChI is InChI=1S/C12H15NO3S/c14-9-3-4-11(15)10(6-9)12(16)13-8-2-1-5-17-7-8/h3-4,6,8,14-15H,1-2,5,7H2,(H,13,16). The van der Waals surface area contributed by atoms with Gasteiger partial charge in [-0.1, -0.05) is 0 Å². The Morgan fingerprint density at radius 2 is 2.24 bits per heavy atom. The smallest absolute Gasteiger partial charge is 0.255 e. The van der Waals surface area contributed by atoms with Crippen LogP contribution >= 0.6 is 11.8 Å². The summed E-state index contributed by atoms with van der Waals surface area (Å²) in [5.74, 6) is 1.59. The van der Waals surface area contributed by atoms with Crippen molar-refractivity contribution in [2.24, 2.45) is 0 Å². The number of amides is 1. The number of thioether (sulfide) groups is 1. The van der Waals surface area contributed by atoms with Crippen molar-refractivity contribution in [1.82, 2.24) is 5.32 Å². The molecule has 0 bridgehead atoms. The zero-order valence-electron chi connectivity index (χ0n) is 9.35. The fourth-order valence-electron chi connectivity index (χ4n) is 1.82. The SMILES string of the molecule is O=C(NC1CCCSC1)c1cc(O)ccc1O. The Bertz CT molecular complexity index is 416. The van der Waals surface area contributed by atoms with E-state index in [4.69, 9.17) is 0 Å². The molecule has 5 heteroatoms. The number of rotatable bonds is 2. The largest absolute Gasteiger partial charge is 0.508 e. The van der Waals surface area contributed by atoms with Gasteiger partial charge in [-0.3, -0.25) is 4.79 Å². The first-order chi connectivity index (χ1) is 8.16. The third-order valence-corrected chi connectivity index (χ3v) is 3.94. The van der Waals surface area contributed by atoms with Crippen LogP contribution in [0.15, 0.2) is 18.2 Å². The van der Waals surface area contributed by atoms with E-state index in [9.17, 15) is 15.0 Å². The van der Waals surface area contributed by atoms with Crippen LogP contribution in [0.3, 0.4) is 0 Å². The summed E-state index contributed by atoms with van der Waals surface area (Å²) in [5.41, 5.74) is 0.126. The summed E-state index contributed by atoms with van der Waals surface area (Å²) in [6.07, 6.45) is 2.07. The van der Waals surface area contributed by atoms with Crippen LogP contribution in [-0.2, 0) is 0 Å². The quantitative estimate of drug-likeness (QED) is 0.702. The zero-order chi connectivity index (χ0) is 12.3. The van der Waals surface area contributed by atoms with Crippen molar-refractivity contribution in [3.63, 3.8) is 0 Å². The van der Waals surface area contributed by atoms with Gasteiger partial charge in [0.05, 0.1) is 5.56 Å². The third-order valence-electron chi connectivity index (χ3n) is 2.72. The molecule has 4 nitrogen and oxygen atoms in total. The molecule has 92 valence electrons. The van der Waals surface area contributed by atoms with Gasteiger partial charge in [0, 0.05) is 11.8 Å². The van der Waals surface area contributed by atoms with E-state index >= 15 is 0 Å². The van der Waals surface area contributed by atoms with Gasteiger partial charge >= 0.3 is 0 Å². The molecule has 0 radical (unpaired) electrons. The summed E-state index contributed by atoms with van der Waals surface area (Å²) >= 11 is 1.82. The second kappa shape index (κ2) is 5.31. The van der Waals surface area contributed by atoms with Crippen molar-refractivity contribution in [2.45, 2.75) is 18.9 Å². The van der Waals surface area contributed by atoms with Crippen molar-refractivity contribution < 1.29 is 15.0 Å². The average Bonchev–Trinajstić information content (AvgIpc) is 2.33. The van der Waals surface area contributed by atoms with Crippen LogP contribution in [0.25, 0.3) is 0 Å². The van der Waals surface area contributed by atoms with Gasteiger partial charge in [-0.25, -0.2) is 0 Å². The first-order valence-electron chi connectivity index (χ1n) is 5.57. The molecule has 17 heavy (non-hydrogen) atoms. The molecule has 1 aliphatic heterocycles. The number of benzene rings is 1. The number of carbonyl (C=O) groups excluding carboxylic acids is 1. The molecule has 3 N–H and O–H groups in total. The van der Waals surface area contributed by atoms with Crippen LogP contribution in [0.5, 0.6) is 11.5 Å². The number of nitrogens with one attached hydrogen (secondary N) is 1. The fourth-order valence-corrected chi connectivity index (χ4v) is 2.90. The number of hydrogen-bond donors (Lipinski definition) is 3. The Balaban J connectivity index is 2.05. The van der Waals surface area contributed by atoms with Crippen LogP contribution in [0.4, 0.5) is 0 Å². The molecule has 0 spiro atoms. The molecule has 0 saturated carbocycles. The van der Waals surface area contributed by atoms with Crippen LogP contribution in [-0.4, -0.2) is 33.7 Å². The maximum atomic E-state index is 11.9. The minimum Gasteiger partial charge on any atom is -0.508 e. The molecule has 1 aromatic rings. The Morgan fingerprint density at radius 1 is 1.41 bits per heavy atom. The van der Waals surface area contributed by atoms with Crippen molar-refractivity contribution in [3.8, 4) is 11.5 Å². The van der Waals surface area contributed by atoms with Crippen LogP contribution in [0, 0.1) is 0 Å². The molecule has 1 heterocycles. The number of phenolic OH excluding ortho intramolecular Hbond substituents is 2. The molecule has 2 rings (SSSR count). The van der Waals surface area contributed by atoms with Crippen LogP contribution in [0.1, 0.15) is 23.2 Å². The number of aromatic hydroxyl groups is 2. The molecule has 1 aliphatic rings. The number of carbonyl (C=O) groups is 1. The Morgan fingerprint density at radius 3 is 2.94 bits per heavy atom. The highest BCUT2D eigenvalue weighted by Gasteiger charge is 2.19. The topological polar surface area (TPSA) is 69.6 Å². The lowest BCUT2D eigenvalue weighted by Crippen LogP contribution is -2.38. The lowest BCUT2D eigenvalue weighted by Gasteiger charge is -2.22. The summed E-state index contributed by atoms with van der Waals surface area (Å²) in [6, 6.07) is 4.10. The van der Waals surface area contributed by atoms with Gasteiger partial charge in [0.15, 0.2) is 0 Å². The minimum absolute atomic E-state index is 0.0223. The molecule has 1 aromatic carbocycles. The van der Waals surface area contributed by atoms with Crippen LogP contribution < -0.4 is 5.32 Å². The third kappa shape index (κ3) is 3.06. The summed E-state index contributed by atoms with van der Waals surface area (Å²) < 4.78 is 0. The van der Waals surface area contributed by atoms with E-state index in [1.54, 1.807) is 0 Å². The summed E-state index contributed by atoms with van der Waals surface area (Å²) in [7, 11) is 0. The molecule has 1 amide bonds. The van der Waals surface area contributed by atoms with Gasteiger partial charge in [0.2, 0.25) is 0 Å². The fraction of sp³-hybridized carbons (Fsp3) is 0.417. The highest BCUT2D eigenvalue weighted by Crippen LogP contribution is 2.23. The van der Waals surface area contributed by atoms with Gasteiger partial charge in [-0.05, 0) is 36.8 Å². The first-order valence-corrected chi connectivity index (χ1v) is 6.73. The number of phenols is 2. The van der Waals surface area contributed by atoms with Gasteiger partial charge in [-0.2, -0.15) is 11.8 Å². The number of hydrogen-bond acceptors (Lipinski definition) is 4.